The molecule has 1 fully saturated rings. The van der Waals surface area contributed by atoms with Crippen molar-refractivity contribution in [2.75, 3.05) is 6.54 Å². The third-order valence-electron chi connectivity index (χ3n) is 4.21. The van der Waals surface area contributed by atoms with E-state index < -0.39 is 6.10 Å². The Morgan fingerprint density at radius 3 is 3.04 bits per heavy atom. The van der Waals surface area contributed by atoms with Crippen molar-refractivity contribution < 1.29 is 9.90 Å². The molecule has 23 heavy (non-hydrogen) atoms. The highest BCUT2D eigenvalue weighted by Crippen LogP contribution is 2.28. The number of benzene rings is 1. The van der Waals surface area contributed by atoms with Crippen molar-refractivity contribution in [2.45, 2.75) is 38.3 Å². The number of carbonyl (C=O) groups is 1. The molecule has 0 saturated carbocycles. The summed E-state index contributed by atoms with van der Waals surface area (Å²) < 4.78 is 0. The van der Waals surface area contributed by atoms with Gasteiger partial charge in [0.15, 0.2) is 0 Å². The van der Waals surface area contributed by atoms with Crippen LogP contribution in [0.5, 0.6) is 0 Å². The zero-order valence-corrected chi connectivity index (χ0v) is 13.8. The van der Waals surface area contributed by atoms with E-state index in [0.29, 0.717) is 22.8 Å². The molecule has 122 valence electrons. The first-order valence-electron chi connectivity index (χ1n) is 7.85. The number of halogens is 1. The van der Waals surface area contributed by atoms with Gasteiger partial charge in [-0.25, -0.2) is 0 Å². The van der Waals surface area contributed by atoms with Crippen LogP contribution in [0.2, 0.25) is 5.02 Å². The zero-order valence-electron chi connectivity index (χ0n) is 13.0. The lowest BCUT2D eigenvalue weighted by Gasteiger charge is -2.25. The lowest BCUT2D eigenvalue weighted by Crippen LogP contribution is -2.37. The van der Waals surface area contributed by atoms with E-state index in [9.17, 15) is 9.90 Å². The summed E-state index contributed by atoms with van der Waals surface area (Å²) in [5.41, 5.74) is 1.91. The molecule has 1 aromatic heterocycles. The van der Waals surface area contributed by atoms with Crippen molar-refractivity contribution in [3.8, 4) is 11.3 Å². The van der Waals surface area contributed by atoms with Crippen molar-refractivity contribution in [3.05, 3.63) is 41.0 Å². The van der Waals surface area contributed by atoms with Gasteiger partial charge in [-0.15, -0.1) is 0 Å². The van der Waals surface area contributed by atoms with Crippen LogP contribution in [-0.4, -0.2) is 44.8 Å². The molecule has 2 unspecified atom stereocenters. The van der Waals surface area contributed by atoms with Gasteiger partial charge in [0.1, 0.15) is 5.69 Å². The summed E-state index contributed by atoms with van der Waals surface area (Å²) >= 11 is 6.18. The third kappa shape index (κ3) is 3.41. The molecule has 2 atom stereocenters. The predicted molar refractivity (Wildman–Crippen MR) is 89.4 cm³/mol. The number of aliphatic hydroxyl groups excluding tert-OH is 1. The van der Waals surface area contributed by atoms with Crippen LogP contribution in [0.3, 0.4) is 0 Å². The summed E-state index contributed by atoms with van der Waals surface area (Å²) in [5.74, 6) is -0.0704. The van der Waals surface area contributed by atoms with E-state index in [-0.39, 0.29) is 11.9 Å². The molecule has 2 heterocycles. The molecule has 1 aliphatic heterocycles. The number of carbonyl (C=O) groups excluding carboxylic acids is 1. The summed E-state index contributed by atoms with van der Waals surface area (Å²) in [6.45, 7) is 2.48. The SMILES string of the molecule is CC(O)CC1CCCN1C(=O)c1cc(-c2ccccc2Cl)n[nH]1. The Kier molecular flexibility index (Phi) is 4.68. The summed E-state index contributed by atoms with van der Waals surface area (Å²) in [6, 6.07) is 9.24. The summed E-state index contributed by atoms with van der Waals surface area (Å²) in [7, 11) is 0. The maximum Gasteiger partial charge on any atom is 0.272 e. The fourth-order valence-corrected chi connectivity index (χ4v) is 3.37. The molecule has 5 nitrogen and oxygen atoms in total. The number of hydrogen-bond donors (Lipinski definition) is 2. The molecule has 0 bridgehead atoms. The van der Waals surface area contributed by atoms with E-state index in [2.05, 4.69) is 10.2 Å². The maximum absolute atomic E-state index is 12.7. The average molecular weight is 334 g/mol. The average Bonchev–Trinajstić information content (AvgIpc) is 3.16. The van der Waals surface area contributed by atoms with Crippen molar-refractivity contribution in [3.63, 3.8) is 0 Å². The van der Waals surface area contributed by atoms with Gasteiger partial charge in [0, 0.05) is 18.2 Å². The first kappa shape index (κ1) is 16.0. The van der Waals surface area contributed by atoms with Crippen LogP contribution in [-0.2, 0) is 0 Å². The number of rotatable bonds is 4. The highest BCUT2D eigenvalue weighted by Gasteiger charge is 2.31. The van der Waals surface area contributed by atoms with Crippen LogP contribution in [0.15, 0.2) is 30.3 Å². The normalized spacial score (nSPS) is 19.1. The quantitative estimate of drug-likeness (QED) is 0.903. The topological polar surface area (TPSA) is 69.2 Å². The highest BCUT2D eigenvalue weighted by molar-refractivity contribution is 6.33. The van der Waals surface area contributed by atoms with Crippen LogP contribution in [0.4, 0.5) is 0 Å². The molecule has 6 heteroatoms. The molecule has 1 aliphatic rings. The Labute approximate surface area is 140 Å². The summed E-state index contributed by atoms with van der Waals surface area (Å²) in [4.78, 5) is 14.5. The van der Waals surface area contributed by atoms with E-state index in [1.807, 2.05) is 23.1 Å². The number of likely N-dealkylation sites (tertiary alicyclic amines) is 1. The summed E-state index contributed by atoms with van der Waals surface area (Å²) in [6.07, 6.45) is 2.10. The van der Waals surface area contributed by atoms with E-state index in [4.69, 9.17) is 11.6 Å². The number of nitrogens with zero attached hydrogens (tertiary/aromatic N) is 2. The third-order valence-corrected chi connectivity index (χ3v) is 4.54. The molecule has 3 rings (SSSR count). The molecular weight excluding hydrogens is 314 g/mol. The van der Waals surface area contributed by atoms with Crippen molar-refractivity contribution in [1.29, 1.82) is 0 Å². The predicted octanol–water partition coefficient (Wildman–Crippen LogP) is 3.11. The van der Waals surface area contributed by atoms with Gasteiger partial charge in [0.25, 0.3) is 5.91 Å². The molecular formula is C17H20ClN3O2. The number of amides is 1. The number of hydrogen-bond acceptors (Lipinski definition) is 3. The van der Waals surface area contributed by atoms with Gasteiger partial charge in [-0.1, -0.05) is 29.8 Å². The van der Waals surface area contributed by atoms with Crippen molar-refractivity contribution in [2.24, 2.45) is 0 Å². The Morgan fingerprint density at radius 2 is 2.30 bits per heavy atom. The second-order valence-corrected chi connectivity index (χ2v) is 6.43. The molecule has 0 aliphatic carbocycles. The van der Waals surface area contributed by atoms with Gasteiger partial charge in [0.2, 0.25) is 0 Å². The number of aromatic amines is 1. The molecule has 2 aromatic rings. The molecule has 2 N–H and O–H groups in total. The lowest BCUT2D eigenvalue weighted by atomic mass is 10.1. The van der Waals surface area contributed by atoms with Gasteiger partial charge in [-0.05, 0) is 38.3 Å². The van der Waals surface area contributed by atoms with Gasteiger partial charge in [-0.3, -0.25) is 9.89 Å². The smallest absolute Gasteiger partial charge is 0.272 e. The molecule has 0 spiro atoms. The van der Waals surface area contributed by atoms with E-state index in [1.165, 1.54) is 0 Å². The number of aromatic nitrogens is 2. The fraction of sp³-hybridized carbons (Fsp3) is 0.412. The van der Waals surface area contributed by atoms with E-state index in [1.54, 1.807) is 19.1 Å². The van der Waals surface area contributed by atoms with Crippen LogP contribution in [0.1, 0.15) is 36.7 Å². The highest BCUT2D eigenvalue weighted by atomic mass is 35.5. The van der Waals surface area contributed by atoms with Crippen LogP contribution < -0.4 is 0 Å². The molecule has 1 amide bonds. The minimum absolute atomic E-state index is 0.0704. The number of nitrogens with one attached hydrogen (secondary N) is 1. The largest absolute Gasteiger partial charge is 0.393 e. The van der Waals surface area contributed by atoms with Crippen molar-refractivity contribution >= 4 is 17.5 Å². The second-order valence-electron chi connectivity index (χ2n) is 6.03. The lowest BCUT2D eigenvalue weighted by molar-refractivity contribution is 0.0676. The Bertz CT molecular complexity index is 699. The fourth-order valence-electron chi connectivity index (χ4n) is 3.13. The Balaban J connectivity index is 1.80. The van der Waals surface area contributed by atoms with Crippen LogP contribution >= 0.6 is 11.6 Å². The molecule has 0 radical (unpaired) electrons. The minimum atomic E-state index is -0.408. The first-order chi connectivity index (χ1) is 11.1. The first-order valence-corrected chi connectivity index (χ1v) is 8.23. The standard InChI is InChI=1S/C17H20ClN3O2/c1-11(22)9-12-5-4-8-21(12)17(23)16-10-15(19-20-16)13-6-2-3-7-14(13)18/h2-3,6-7,10-12,22H,4-5,8-9H2,1H3,(H,19,20). The number of aliphatic hydroxyl groups is 1. The van der Waals surface area contributed by atoms with Crippen LogP contribution in [0, 0.1) is 0 Å². The van der Waals surface area contributed by atoms with Crippen molar-refractivity contribution in [1.82, 2.24) is 15.1 Å². The minimum Gasteiger partial charge on any atom is -0.393 e. The Morgan fingerprint density at radius 1 is 1.52 bits per heavy atom. The monoisotopic (exact) mass is 333 g/mol. The molecule has 1 aromatic carbocycles. The Hall–Kier alpha value is -1.85. The van der Waals surface area contributed by atoms with Gasteiger partial charge in [0.05, 0.1) is 16.8 Å². The second kappa shape index (κ2) is 6.72. The van der Waals surface area contributed by atoms with E-state index in [0.717, 1.165) is 24.9 Å². The molecule has 1 saturated heterocycles. The van der Waals surface area contributed by atoms with E-state index >= 15 is 0 Å². The summed E-state index contributed by atoms with van der Waals surface area (Å²) in [5, 5.41) is 17.2. The van der Waals surface area contributed by atoms with Gasteiger partial charge >= 0.3 is 0 Å². The van der Waals surface area contributed by atoms with Gasteiger partial charge in [-0.2, -0.15) is 5.10 Å². The number of H-pyrrole nitrogens is 1. The zero-order chi connectivity index (χ0) is 16.4. The van der Waals surface area contributed by atoms with Crippen LogP contribution in [0.25, 0.3) is 11.3 Å². The maximum atomic E-state index is 12.7. The van der Waals surface area contributed by atoms with Gasteiger partial charge < -0.3 is 10.0 Å².